The zero-order valence-electron chi connectivity index (χ0n) is 12.6. The van der Waals surface area contributed by atoms with E-state index in [2.05, 4.69) is 23.6 Å². The highest BCUT2D eigenvalue weighted by Crippen LogP contribution is 2.37. The number of nitrogens with two attached hydrogens (primary N) is 1. The Balaban J connectivity index is 1.77. The molecule has 0 aromatic rings. The van der Waals surface area contributed by atoms with Gasteiger partial charge in [-0.25, -0.2) is 0 Å². The molecule has 3 N–H and O–H groups in total. The minimum Gasteiger partial charge on any atom is -0.388 e. The van der Waals surface area contributed by atoms with Crippen molar-refractivity contribution in [3.05, 3.63) is 0 Å². The largest absolute Gasteiger partial charge is 0.388 e. The number of piperazine rings is 1. The molecule has 0 radical (unpaired) electrons. The summed E-state index contributed by atoms with van der Waals surface area (Å²) in [5.41, 5.74) is 5.18. The lowest BCUT2D eigenvalue weighted by Gasteiger charge is -2.40. The fourth-order valence-electron chi connectivity index (χ4n) is 3.89. The molecule has 0 aromatic carbocycles. The van der Waals surface area contributed by atoms with Gasteiger partial charge in [-0.05, 0) is 45.2 Å². The Morgan fingerprint density at radius 1 is 1.37 bits per heavy atom. The maximum atomic E-state index is 10.5. The summed E-state index contributed by atoms with van der Waals surface area (Å²) in [6, 6.07) is 0.663. The van der Waals surface area contributed by atoms with Crippen LogP contribution in [0.2, 0.25) is 0 Å². The minimum absolute atomic E-state index is 0.414. The Kier molecular flexibility index (Phi) is 5.23. The molecular formula is C15H31N3O. The normalized spacial score (nSPS) is 37.9. The molecule has 1 saturated carbocycles. The molecule has 2 fully saturated rings. The van der Waals surface area contributed by atoms with Crippen LogP contribution in [0.15, 0.2) is 0 Å². The van der Waals surface area contributed by atoms with Gasteiger partial charge < -0.3 is 15.7 Å². The van der Waals surface area contributed by atoms with Crippen molar-refractivity contribution in [1.29, 1.82) is 0 Å². The predicted octanol–water partition coefficient (Wildman–Crippen LogP) is 0.892. The predicted molar refractivity (Wildman–Crippen MR) is 79.1 cm³/mol. The first kappa shape index (κ1) is 15.2. The first-order chi connectivity index (χ1) is 9.09. The third-order valence-electron chi connectivity index (χ3n) is 5.32. The van der Waals surface area contributed by atoms with Gasteiger partial charge in [0.15, 0.2) is 0 Å². The Labute approximate surface area is 117 Å². The maximum Gasteiger partial charge on any atom is 0.0797 e. The summed E-state index contributed by atoms with van der Waals surface area (Å²) < 4.78 is 0. The molecule has 112 valence electrons. The van der Waals surface area contributed by atoms with Gasteiger partial charge >= 0.3 is 0 Å². The highest BCUT2D eigenvalue weighted by atomic mass is 16.3. The van der Waals surface area contributed by atoms with Gasteiger partial charge in [0.2, 0.25) is 0 Å². The van der Waals surface area contributed by atoms with E-state index >= 15 is 0 Å². The van der Waals surface area contributed by atoms with Crippen LogP contribution in [0.4, 0.5) is 0 Å². The lowest BCUT2D eigenvalue weighted by Crippen LogP contribution is -2.52. The molecular weight excluding hydrogens is 238 g/mol. The van der Waals surface area contributed by atoms with Crippen LogP contribution in [-0.2, 0) is 0 Å². The zero-order chi connectivity index (χ0) is 13.9. The molecule has 4 nitrogen and oxygen atoms in total. The monoisotopic (exact) mass is 269 g/mol. The second-order valence-corrected chi connectivity index (χ2v) is 6.46. The number of aliphatic hydroxyl groups is 1. The van der Waals surface area contributed by atoms with Crippen LogP contribution < -0.4 is 5.73 Å². The average Bonchev–Trinajstić information content (AvgIpc) is 2.78. The van der Waals surface area contributed by atoms with Gasteiger partial charge in [-0.1, -0.05) is 13.3 Å². The highest BCUT2D eigenvalue weighted by Gasteiger charge is 2.39. The van der Waals surface area contributed by atoms with Crippen molar-refractivity contribution in [2.24, 2.45) is 11.7 Å². The molecule has 4 heteroatoms. The van der Waals surface area contributed by atoms with Gasteiger partial charge in [0, 0.05) is 32.2 Å². The molecule has 0 spiro atoms. The van der Waals surface area contributed by atoms with Crippen molar-refractivity contribution in [3.63, 3.8) is 0 Å². The molecule has 1 aliphatic heterocycles. The van der Waals surface area contributed by atoms with Crippen molar-refractivity contribution in [1.82, 2.24) is 9.80 Å². The number of nitrogens with zero attached hydrogens (tertiary/aromatic N) is 2. The van der Waals surface area contributed by atoms with Crippen molar-refractivity contribution in [3.8, 4) is 0 Å². The fraction of sp³-hybridized carbons (Fsp3) is 1.00. The first-order valence-corrected chi connectivity index (χ1v) is 7.98. The Morgan fingerprint density at radius 3 is 2.79 bits per heavy atom. The average molecular weight is 269 g/mol. The zero-order valence-corrected chi connectivity index (χ0v) is 12.6. The molecule has 0 bridgehead atoms. The molecule has 2 rings (SSSR count). The molecule has 3 atom stereocenters. The summed E-state index contributed by atoms with van der Waals surface area (Å²) >= 11 is 0. The van der Waals surface area contributed by atoms with Crippen molar-refractivity contribution in [2.75, 3.05) is 39.3 Å². The van der Waals surface area contributed by atoms with E-state index in [1.807, 2.05) is 0 Å². The molecule has 19 heavy (non-hydrogen) atoms. The molecule has 2 aliphatic rings. The van der Waals surface area contributed by atoms with E-state index in [9.17, 15) is 5.11 Å². The van der Waals surface area contributed by atoms with E-state index in [-0.39, 0.29) is 0 Å². The van der Waals surface area contributed by atoms with Crippen LogP contribution >= 0.6 is 0 Å². The van der Waals surface area contributed by atoms with Gasteiger partial charge in [-0.15, -0.1) is 0 Å². The minimum atomic E-state index is -0.573. The number of rotatable bonds is 5. The van der Waals surface area contributed by atoms with Crippen molar-refractivity contribution < 1.29 is 5.11 Å². The summed E-state index contributed by atoms with van der Waals surface area (Å²) in [5, 5.41) is 10.5. The summed E-state index contributed by atoms with van der Waals surface area (Å²) in [6.45, 7) is 10.8. The molecule has 1 saturated heterocycles. The summed E-state index contributed by atoms with van der Waals surface area (Å²) in [5.74, 6) is 0.414. The summed E-state index contributed by atoms with van der Waals surface area (Å²) in [6.07, 6.45) is 4.29. The van der Waals surface area contributed by atoms with Gasteiger partial charge in [0.25, 0.3) is 0 Å². The third-order valence-corrected chi connectivity index (χ3v) is 5.32. The van der Waals surface area contributed by atoms with E-state index in [0.29, 0.717) is 18.5 Å². The van der Waals surface area contributed by atoms with Crippen molar-refractivity contribution >= 4 is 0 Å². The standard InChI is InChI=1S/C15H31N3O/c1-3-18-10-9-17(11-13(18)2)8-6-14-5-4-7-15(14,19)12-16/h13-14,19H,3-12,16H2,1-2H3. The van der Waals surface area contributed by atoms with Gasteiger partial charge in [0.1, 0.15) is 0 Å². The van der Waals surface area contributed by atoms with Gasteiger partial charge in [0.05, 0.1) is 5.60 Å². The van der Waals surface area contributed by atoms with Crippen LogP contribution in [-0.4, -0.2) is 65.8 Å². The van der Waals surface area contributed by atoms with Crippen LogP contribution in [0, 0.1) is 5.92 Å². The van der Waals surface area contributed by atoms with Crippen LogP contribution in [0.25, 0.3) is 0 Å². The van der Waals surface area contributed by atoms with Crippen LogP contribution in [0.5, 0.6) is 0 Å². The fourth-order valence-corrected chi connectivity index (χ4v) is 3.89. The Bertz CT molecular complexity index is 287. The first-order valence-electron chi connectivity index (χ1n) is 7.98. The summed E-state index contributed by atoms with van der Waals surface area (Å²) in [7, 11) is 0. The van der Waals surface area contributed by atoms with E-state index in [0.717, 1.165) is 38.8 Å². The molecule has 1 aliphatic carbocycles. The molecule has 0 aromatic heterocycles. The number of hydrogen-bond donors (Lipinski definition) is 2. The Hall–Kier alpha value is -0.160. The molecule has 3 unspecified atom stereocenters. The molecule has 0 amide bonds. The van der Waals surface area contributed by atoms with Crippen LogP contribution in [0.1, 0.15) is 39.5 Å². The number of hydrogen-bond acceptors (Lipinski definition) is 4. The van der Waals surface area contributed by atoms with Gasteiger partial charge in [-0.3, -0.25) is 4.90 Å². The van der Waals surface area contributed by atoms with E-state index < -0.39 is 5.60 Å². The lowest BCUT2D eigenvalue weighted by molar-refractivity contribution is 0.000813. The third kappa shape index (κ3) is 3.48. The second kappa shape index (κ2) is 6.53. The second-order valence-electron chi connectivity index (χ2n) is 6.46. The maximum absolute atomic E-state index is 10.5. The summed E-state index contributed by atoms with van der Waals surface area (Å²) in [4.78, 5) is 5.11. The number of likely N-dealkylation sites (N-methyl/N-ethyl adjacent to an activating group) is 1. The lowest BCUT2D eigenvalue weighted by atomic mass is 9.88. The SMILES string of the molecule is CCN1CCN(CCC2CCCC2(O)CN)CC1C. The quantitative estimate of drug-likeness (QED) is 0.778. The van der Waals surface area contributed by atoms with Gasteiger partial charge in [-0.2, -0.15) is 0 Å². The van der Waals surface area contributed by atoms with E-state index in [1.165, 1.54) is 19.6 Å². The topological polar surface area (TPSA) is 52.7 Å². The van der Waals surface area contributed by atoms with Crippen molar-refractivity contribution in [2.45, 2.75) is 51.2 Å². The van der Waals surface area contributed by atoms with Crippen LogP contribution in [0.3, 0.4) is 0 Å². The highest BCUT2D eigenvalue weighted by molar-refractivity contribution is 4.93. The van der Waals surface area contributed by atoms with E-state index in [1.54, 1.807) is 0 Å². The smallest absolute Gasteiger partial charge is 0.0797 e. The molecule has 1 heterocycles. The van der Waals surface area contributed by atoms with E-state index in [4.69, 9.17) is 5.73 Å². The Morgan fingerprint density at radius 2 is 2.16 bits per heavy atom.